The van der Waals surface area contributed by atoms with Gasteiger partial charge < -0.3 is 20.4 Å². The number of primary amides is 1. The number of hydrogen-bond acceptors (Lipinski definition) is 8. The van der Waals surface area contributed by atoms with Gasteiger partial charge in [0.25, 0.3) is 5.91 Å². The van der Waals surface area contributed by atoms with E-state index in [1.165, 1.54) is 31.0 Å². The van der Waals surface area contributed by atoms with Crippen molar-refractivity contribution in [3.8, 4) is 0 Å². The van der Waals surface area contributed by atoms with E-state index < -0.39 is 11.9 Å². The molecule has 0 spiro atoms. The van der Waals surface area contributed by atoms with Crippen LogP contribution in [-0.2, 0) is 16.1 Å². The first-order valence-corrected chi connectivity index (χ1v) is 13.1. The molecule has 1 aliphatic rings. The summed E-state index contributed by atoms with van der Waals surface area (Å²) in [5.74, 6) is -0.234. The van der Waals surface area contributed by atoms with E-state index in [0.29, 0.717) is 23.2 Å². The summed E-state index contributed by atoms with van der Waals surface area (Å²) in [4.78, 5) is 37.4. The molecule has 0 unspecified atom stereocenters. The summed E-state index contributed by atoms with van der Waals surface area (Å²) >= 11 is 2.24. The molecule has 2 aromatic heterocycles. The summed E-state index contributed by atoms with van der Waals surface area (Å²) in [6, 6.07) is 0. The molecule has 3 rings (SSSR count). The van der Waals surface area contributed by atoms with Gasteiger partial charge >= 0.3 is 5.97 Å². The number of ether oxygens (including phenoxy) is 1. The Bertz CT molecular complexity index is 1070. The average Bonchev–Trinajstić information content (AvgIpc) is 3.33. The largest absolute Gasteiger partial charge is 0.459 e. The van der Waals surface area contributed by atoms with Gasteiger partial charge in [0, 0.05) is 12.5 Å². The topological polar surface area (TPSA) is 129 Å². The van der Waals surface area contributed by atoms with Crippen molar-refractivity contribution in [2.24, 2.45) is 5.73 Å². The van der Waals surface area contributed by atoms with Crippen molar-refractivity contribution < 1.29 is 19.1 Å². The number of amides is 2. The first-order valence-electron chi connectivity index (χ1n) is 11.3. The molecular weight excluding hydrogens is 474 g/mol. The van der Waals surface area contributed by atoms with E-state index >= 15 is 0 Å². The number of nitrogens with zero attached hydrogens (tertiary/aromatic N) is 3. The summed E-state index contributed by atoms with van der Waals surface area (Å²) < 4.78 is 7.31. The summed E-state index contributed by atoms with van der Waals surface area (Å²) in [5, 5.41) is 12.4. The second-order valence-electron chi connectivity index (χ2n) is 8.49. The van der Waals surface area contributed by atoms with Crippen LogP contribution in [0.4, 0.5) is 5.00 Å². The highest BCUT2D eigenvalue weighted by Crippen LogP contribution is 2.35. The number of esters is 1. The Morgan fingerprint density at radius 3 is 2.62 bits per heavy atom. The number of carbonyl (C=O) groups excluding carboxylic acids is 3. The Morgan fingerprint density at radius 1 is 1.29 bits per heavy atom. The summed E-state index contributed by atoms with van der Waals surface area (Å²) in [6.45, 7) is 9.48. The molecule has 0 aliphatic heterocycles. The van der Waals surface area contributed by atoms with Gasteiger partial charge in [-0.05, 0) is 39.2 Å². The molecule has 0 atom stereocenters. The number of nitrogens with two attached hydrogens (primary N) is 1. The van der Waals surface area contributed by atoms with E-state index in [0.717, 1.165) is 30.0 Å². The van der Waals surface area contributed by atoms with Crippen molar-refractivity contribution in [3.05, 3.63) is 34.5 Å². The SMILES string of the molecule is C=CCn1c(SCC(=O)Nc2sc(C(N)=O)c(C)c2C(=O)OC(C)C)nnc1C1CCCCC1. The molecule has 3 N–H and O–H groups in total. The molecule has 184 valence electrons. The fourth-order valence-electron chi connectivity index (χ4n) is 4.02. The minimum absolute atomic E-state index is 0.0570. The number of carbonyl (C=O) groups is 3. The Kier molecular flexibility index (Phi) is 8.90. The van der Waals surface area contributed by atoms with Gasteiger partial charge in [0.1, 0.15) is 10.8 Å². The quantitative estimate of drug-likeness (QED) is 0.280. The predicted octanol–water partition coefficient (Wildman–Crippen LogP) is 4.28. The maximum Gasteiger partial charge on any atom is 0.341 e. The fraction of sp³-hybridized carbons (Fsp3) is 0.522. The number of thiophene rings is 1. The summed E-state index contributed by atoms with van der Waals surface area (Å²) in [5.41, 5.74) is 6.00. The smallest absolute Gasteiger partial charge is 0.341 e. The zero-order valence-corrected chi connectivity index (χ0v) is 21.4. The molecule has 1 saturated carbocycles. The van der Waals surface area contributed by atoms with Crippen molar-refractivity contribution in [2.45, 2.75) is 76.6 Å². The van der Waals surface area contributed by atoms with E-state index in [9.17, 15) is 14.4 Å². The van der Waals surface area contributed by atoms with Crippen LogP contribution in [0, 0.1) is 6.92 Å². The van der Waals surface area contributed by atoms with Crippen LogP contribution >= 0.6 is 23.1 Å². The van der Waals surface area contributed by atoms with Crippen LogP contribution in [0.1, 0.15) is 83.3 Å². The number of aromatic nitrogens is 3. The lowest BCUT2D eigenvalue weighted by atomic mass is 9.89. The van der Waals surface area contributed by atoms with Crippen LogP contribution in [0.2, 0.25) is 0 Å². The highest BCUT2D eigenvalue weighted by Gasteiger charge is 2.27. The van der Waals surface area contributed by atoms with Crippen LogP contribution in [0.25, 0.3) is 0 Å². The Balaban J connectivity index is 1.75. The van der Waals surface area contributed by atoms with Crippen molar-refractivity contribution >= 4 is 45.9 Å². The van der Waals surface area contributed by atoms with Crippen LogP contribution in [-0.4, -0.2) is 44.4 Å². The molecule has 9 nitrogen and oxygen atoms in total. The van der Waals surface area contributed by atoms with Crippen molar-refractivity contribution in [1.82, 2.24) is 14.8 Å². The molecule has 0 aromatic carbocycles. The average molecular weight is 506 g/mol. The minimum atomic E-state index is -0.663. The summed E-state index contributed by atoms with van der Waals surface area (Å²) in [7, 11) is 0. The molecule has 0 bridgehead atoms. The lowest BCUT2D eigenvalue weighted by Gasteiger charge is -2.21. The van der Waals surface area contributed by atoms with Crippen LogP contribution in [0.3, 0.4) is 0 Å². The zero-order chi connectivity index (χ0) is 24.8. The molecule has 2 aromatic rings. The van der Waals surface area contributed by atoms with Crippen LogP contribution in [0.15, 0.2) is 17.8 Å². The van der Waals surface area contributed by atoms with E-state index in [2.05, 4.69) is 22.1 Å². The first kappa shape index (κ1) is 26.0. The van der Waals surface area contributed by atoms with Gasteiger partial charge in [-0.3, -0.25) is 9.59 Å². The number of rotatable bonds is 10. The molecule has 1 fully saturated rings. The Hall–Kier alpha value is -2.66. The Labute approximate surface area is 207 Å². The molecule has 2 amide bonds. The van der Waals surface area contributed by atoms with Crippen molar-refractivity contribution in [2.75, 3.05) is 11.1 Å². The number of allylic oxidation sites excluding steroid dienone is 1. The van der Waals surface area contributed by atoms with E-state index in [-0.39, 0.29) is 33.2 Å². The maximum absolute atomic E-state index is 12.8. The maximum atomic E-state index is 12.8. The molecule has 2 heterocycles. The van der Waals surface area contributed by atoms with Gasteiger partial charge in [0.2, 0.25) is 5.91 Å². The predicted molar refractivity (Wildman–Crippen MR) is 134 cm³/mol. The lowest BCUT2D eigenvalue weighted by Crippen LogP contribution is -2.18. The number of anilines is 1. The first-order chi connectivity index (χ1) is 16.2. The molecule has 0 saturated heterocycles. The van der Waals surface area contributed by atoms with Crippen molar-refractivity contribution in [3.63, 3.8) is 0 Å². The van der Waals surface area contributed by atoms with Gasteiger partial charge in [-0.25, -0.2) is 4.79 Å². The van der Waals surface area contributed by atoms with Crippen LogP contribution in [0.5, 0.6) is 0 Å². The third-order valence-electron chi connectivity index (χ3n) is 5.53. The monoisotopic (exact) mass is 505 g/mol. The van der Waals surface area contributed by atoms with Crippen molar-refractivity contribution in [1.29, 1.82) is 0 Å². The standard InChI is InChI=1S/C23H31N5O4S2/c1-5-11-28-20(15-9-7-6-8-10-15)26-27-23(28)33-12-16(29)25-21-17(22(31)32-13(2)3)14(4)18(34-21)19(24)30/h5,13,15H,1,6-12H2,2-4H3,(H2,24,30)(H,25,29). The third kappa shape index (κ3) is 6.06. The fourth-order valence-corrected chi connectivity index (χ4v) is 5.84. The highest BCUT2D eigenvalue weighted by molar-refractivity contribution is 7.99. The van der Waals surface area contributed by atoms with E-state index in [1.54, 1.807) is 26.8 Å². The second-order valence-corrected chi connectivity index (χ2v) is 10.5. The molecule has 0 radical (unpaired) electrons. The highest BCUT2D eigenvalue weighted by atomic mass is 32.2. The van der Waals surface area contributed by atoms with Gasteiger partial charge in [-0.15, -0.1) is 28.1 Å². The second kappa shape index (κ2) is 11.7. The number of hydrogen-bond donors (Lipinski definition) is 2. The minimum Gasteiger partial charge on any atom is -0.459 e. The van der Waals surface area contributed by atoms with Gasteiger partial charge in [0.05, 0.1) is 22.3 Å². The Morgan fingerprint density at radius 2 is 2.00 bits per heavy atom. The molecular formula is C23H31N5O4S2. The van der Waals surface area contributed by atoms with E-state index in [1.807, 2.05) is 4.57 Å². The normalized spacial score (nSPS) is 14.2. The zero-order valence-electron chi connectivity index (χ0n) is 19.8. The van der Waals surface area contributed by atoms with Gasteiger partial charge in [0.15, 0.2) is 5.16 Å². The van der Waals surface area contributed by atoms with Gasteiger partial charge in [-0.1, -0.05) is 37.1 Å². The molecule has 34 heavy (non-hydrogen) atoms. The van der Waals surface area contributed by atoms with Crippen LogP contribution < -0.4 is 11.1 Å². The molecule has 1 aliphatic carbocycles. The van der Waals surface area contributed by atoms with Gasteiger partial charge in [-0.2, -0.15) is 0 Å². The lowest BCUT2D eigenvalue weighted by molar-refractivity contribution is -0.113. The third-order valence-corrected chi connectivity index (χ3v) is 7.72. The molecule has 11 heteroatoms. The number of nitrogens with one attached hydrogen (secondary N) is 1. The van der Waals surface area contributed by atoms with E-state index in [4.69, 9.17) is 10.5 Å². The summed E-state index contributed by atoms with van der Waals surface area (Å²) in [6.07, 6.45) is 7.26. The number of thioether (sulfide) groups is 1.